The van der Waals surface area contributed by atoms with E-state index in [2.05, 4.69) is 5.32 Å². The average molecular weight is 368 g/mol. The molecular weight excluding hydrogens is 340 g/mol. The largest absolute Gasteiger partial charge is 0.496 e. The number of para-hydroxylation sites is 1. The van der Waals surface area contributed by atoms with Crippen LogP contribution in [0.4, 0.5) is 0 Å². The Balaban J connectivity index is 1.95. The molecule has 1 N–H and O–H groups in total. The van der Waals surface area contributed by atoms with Gasteiger partial charge in [-0.15, -0.1) is 0 Å². The Bertz CT molecular complexity index is 669. The van der Waals surface area contributed by atoms with Crippen molar-refractivity contribution < 1.29 is 17.9 Å². The molecular formula is C18H28N2O4S. The molecule has 0 aliphatic heterocycles. The molecule has 0 unspecified atom stereocenters. The van der Waals surface area contributed by atoms with Gasteiger partial charge >= 0.3 is 0 Å². The van der Waals surface area contributed by atoms with Crippen molar-refractivity contribution >= 4 is 15.9 Å². The van der Waals surface area contributed by atoms with Gasteiger partial charge in [0.2, 0.25) is 15.9 Å². The molecule has 0 atom stereocenters. The van der Waals surface area contributed by atoms with E-state index in [1.54, 1.807) is 7.11 Å². The number of methoxy groups -OCH3 is 1. The minimum Gasteiger partial charge on any atom is -0.496 e. The van der Waals surface area contributed by atoms with Crippen molar-refractivity contribution in [3.8, 4) is 5.75 Å². The van der Waals surface area contributed by atoms with E-state index in [4.69, 9.17) is 4.74 Å². The summed E-state index contributed by atoms with van der Waals surface area (Å²) in [6, 6.07) is 7.68. The number of hydrogen-bond donors (Lipinski definition) is 1. The summed E-state index contributed by atoms with van der Waals surface area (Å²) in [5.41, 5.74) is 0.923. The first kappa shape index (κ1) is 19.7. The monoisotopic (exact) mass is 368 g/mol. The number of amides is 1. The Morgan fingerprint density at radius 1 is 1.24 bits per heavy atom. The van der Waals surface area contributed by atoms with Crippen molar-refractivity contribution in [1.29, 1.82) is 0 Å². The maximum Gasteiger partial charge on any atom is 0.235 e. The Hall–Kier alpha value is -1.60. The number of hydrogen-bond acceptors (Lipinski definition) is 4. The SMILES string of the molecule is COc1ccccc1CCN(CC(=O)NC1CCCCC1)S(C)(=O)=O. The van der Waals surface area contributed by atoms with Gasteiger partial charge in [0.25, 0.3) is 0 Å². The fraction of sp³-hybridized carbons (Fsp3) is 0.611. The minimum absolute atomic E-state index is 0.134. The molecule has 6 nitrogen and oxygen atoms in total. The number of rotatable bonds is 8. The van der Waals surface area contributed by atoms with E-state index in [1.807, 2.05) is 24.3 Å². The smallest absolute Gasteiger partial charge is 0.235 e. The standard InChI is InChI=1S/C18H28N2O4S/c1-24-17-11-7-6-8-15(17)12-13-20(25(2,22)23)14-18(21)19-16-9-4-3-5-10-16/h6-8,11,16H,3-5,9-10,12-14H2,1-2H3,(H,19,21). The summed E-state index contributed by atoms with van der Waals surface area (Å²) in [5.74, 6) is 0.500. The summed E-state index contributed by atoms with van der Waals surface area (Å²) in [6.45, 7) is 0.113. The zero-order chi connectivity index (χ0) is 18.3. The third kappa shape index (κ3) is 6.32. The Morgan fingerprint density at radius 2 is 1.92 bits per heavy atom. The van der Waals surface area contributed by atoms with Crippen LogP contribution < -0.4 is 10.1 Å². The van der Waals surface area contributed by atoms with Crippen molar-refractivity contribution in [2.24, 2.45) is 0 Å². The second-order valence-corrected chi connectivity index (χ2v) is 8.54. The molecule has 0 bridgehead atoms. The lowest BCUT2D eigenvalue weighted by atomic mass is 9.95. The third-order valence-corrected chi connectivity index (χ3v) is 5.83. The van der Waals surface area contributed by atoms with Crippen LogP contribution in [0.5, 0.6) is 5.75 Å². The van der Waals surface area contributed by atoms with Crippen molar-refractivity contribution in [2.45, 2.75) is 44.6 Å². The van der Waals surface area contributed by atoms with Crippen molar-refractivity contribution in [3.05, 3.63) is 29.8 Å². The maximum absolute atomic E-state index is 12.3. The highest BCUT2D eigenvalue weighted by molar-refractivity contribution is 7.88. The van der Waals surface area contributed by atoms with Gasteiger partial charge in [0.15, 0.2) is 0 Å². The molecule has 1 fully saturated rings. The zero-order valence-corrected chi connectivity index (χ0v) is 15.8. The Labute approximate surface area is 150 Å². The molecule has 2 rings (SSSR count). The summed E-state index contributed by atoms with van der Waals surface area (Å²) in [5, 5.41) is 2.97. The second kappa shape index (κ2) is 9.20. The first-order chi connectivity index (χ1) is 11.9. The van der Waals surface area contributed by atoms with Crippen molar-refractivity contribution in [1.82, 2.24) is 9.62 Å². The molecule has 0 spiro atoms. The van der Waals surface area contributed by atoms with E-state index in [9.17, 15) is 13.2 Å². The number of carbonyl (C=O) groups is 1. The van der Waals surface area contributed by atoms with Gasteiger partial charge in [0.1, 0.15) is 5.75 Å². The lowest BCUT2D eigenvalue weighted by Gasteiger charge is -2.25. The van der Waals surface area contributed by atoms with Crippen LogP contribution in [-0.2, 0) is 21.2 Å². The fourth-order valence-corrected chi connectivity index (χ4v) is 3.97. The maximum atomic E-state index is 12.3. The average Bonchev–Trinajstić information content (AvgIpc) is 2.58. The van der Waals surface area contributed by atoms with Crippen molar-refractivity contribution in [3.63, 3.8) is 0 Å². The van der Waals surface area contributed by atoms with Gasteiger partial charge in [-0.25, -0.2) is 8.42 Å². The molecule has 0 aromatic heterocycles. The first-order valence-corrected chi connectivity index (χ1v) is 10.6. The van der Waals surface area contributed by atoms with E-state index in [1.165, 1.54) is 10.7 Å². The van der Waals surface area contributed by atoms with Gasteiger partial charge in [0, 0.05) is 12.6 Å². The second-order valence-electron chi connectivity index (χ2n) is 6.56. The van der Waals surface area contributed by atoms with Gasteiger partial charge in [-0.2, -0.15) is 4.31 Å². The quantitative estimate of drug-likeness (QED) is 0.761. The molecule has 0 saturated heterocycles. The van der Waals surface area contributed by atoms with Crippen LogP contribution in [0, 0.1) is 0 Å². The summed E-state index contributed by atoms with van der Waals surface area (Å²) in [7, 11) is -1.87. The van der Waals surface area contributed by atoms with Crippen LogP contribution in [-0.4, -0.2) is 51.1 Å². The topological polar surface area (TPSA) is 75.7 Å². The molecule has 7 heteroatoms. The zero-order valence-electron chi connectivity index (χ0n) is 15.0. The van der Waals surface area contributed by atoms with Gasteiger partial charge in [-0.3, -0.25) is 4.79 Å². The molecule has 1 amide bonds. The van der Waals surface area contributed by atoms with Gasteiger partial charge in [-0.05, 0) is 30.9 Å². The lowest BCUT2D eigenvalue weighted by Crippen LogP contribution is -2.45. The predicted octanol–water partition coefficient (Wildman–Crippen LogP) is 1.95. The summed E-state index contributed by atoms with van der Waals surface area (Å²) in [4.78, 5) is 12.3. The molecule has 1 aromatic carbocycles. The van der Waals surface area contributed by atoms with Gasteiger partial charge in [0.05, 0.1) is 19.9 Å². The number of carbonyl (C=O) groups excluding carboxylic acids is 1. The van der Waals surface area contributed by atoms with Crippen LogP contribution in [0.15, 0.2) is 24.3 Å². The Morgan fingerprint density at radius 3 is 2.56 bits per heavy atom. The third-order valence-electron chi connectivity index (χ3n) is 4.58. The summed E-state index contributed by atoms with van der Waals surface area (Å²) < 4.78 is 30.6. The van der Waals surface area contributed by atoms with Crippen LogP contribution >= 0.6 is 0 Å². The molecule has 1 aliphatic carbocycles. The summed E-state index contributed by atoms with van der Waals surface area (Å²) in [6.07, 6.45) is 7.04. The normalized spacial score (nSPS) is 16.0. The van der Waals surface area contributed by atoms with E-state index < -0.39 is 10.0 Å². The molecule has 25 heavy (non-hydrogen) atoms. The number of ether oxygens (including phenoxy) is 1. The van der Waals surface area contributed by atoms with E-state index in [0.717, 1.165) is 43.3 Å². The van der Waals surface area contributed by atoms with Crippen LogP contribution in [0.1, 0.15) is 37.7 Å². The fourth-order valence-electron chi connectivity index (χ4n) is 3.20. The molecule has 0 radical (unpaired) electrons. The van der Waals surface area contributed by atoms with E-state index in [0.29, 0.717) is 6.42 Å². The van der Waals surface area contributed by atoms with Gasteiger partial charge in [-0.1, -0.05) is 37.5 Å². The number of benzene rings is 1. The van der Waals surface area contributed by atoms with E-state index >= 15 is 0 Å². The molecule has 1 saturated carbocycles. The first-order valence-electron chi connectivity index (χ1n) is 8.76. The minimum atomic E-state index is -3.46. The molecule has 140 valence electrons. The van der Waals surface area contributed by atoms with E-state index in [-0.39, 0.29) is 25.0 Å². The predicted molar refractivity (Wildman–Crippen MR) is 98.1 cm³/mol. The molecule has 1 aromatic rings. The highest BCUT2D eigenvalue weighted by Crippen LogP contribution is 2.19. The highest BCUT2D eigenvalue weighted by atomic mass is 32.2. The molecule has 1 aliphatic rings. The lowest BCUT2D eigenvalue weighted by molar-refractivity contribution is -0.122. The van der Waals surface area contributed by atoms with Crippen LogP contribution in [0.2, 0.25) is 0 Å². The Kier molecular flexibility index (Phi) is 7.25. The number of nitrogens with one attached hydrogen (secondary N) is 1. The van der Waals surface area contributed by atoms with Gasteiger partial charge < -0.3 is 10.1 Å². The highest BCUT2D eigenvalue weighted by Gasteiger charge is 2.22. The van der Waals surface area contributed by atoms with Crippen LogP contribution in [0.3, 0.4) is 0 Å². The van der Waals surface area contributed by atoms with Crippen molar-refractivity contribution in [2.75, 3.05) is 26.5 Å². The molecule has 0 heterocycles. The number of nitrogens with zero attached hydrogens (tertiary/aromatic N) is 1. The summed E-state index contributed by atoms with van der Waals surface area (Å²) >= 11 is 0. The number of sulfonamides is 1. The van der Waals surface area contributed by atoms with Crippen LogP contribution in [0.25, 0.3) is 0 Å².